The van der Waals surface area contributed by atoms with Gasteiger partial charge in [-0.3, -0.25) is 0 Å². The minimum Gasteiger partial charge on any atom is -0.482 e. The van der Waals surface area contributed by atoms with E-state index >= 15 is 0 Å². The van der Waals surface area contributed by atoms with Crippen molar-refractivity contribution in [3.63, 3.8) is 0 Å². The van der Waals surface area contributed by atoms with E-state index in [4.69, 9.17) is 20.9 Å². The second kappa shape index (κ2) is 3.62. The molecule has 1 aliphatic heterocycles. The van der Waals surface area contributed by atoms with Gasteiger partial charge in [0, 0.05) is 6.07 Å². The Labute approximate surface area is 89.2 Å². The maximum atomic E-state index is 5.86. The number of benzene rings is 1. The molecule has 82 valence electrons. The van der Waals surface area contributed by atoms with Gasteiger partial charge in [-0.15, -0.1) is 0 Å². The molecule has 0 amide bonds. The first-order valence-corrected chi connectivity index (χ1v) is 5.07. The molecule has 0 atom stereocenters. The highest BCUT2D eigenvalue weighted by atomic mass is 16.6. The molecule has 0 radical (unpaired) electrons. The molecule has 1 aliphatic rings. The van der Waals surface area contributed by atoms with Crippen molar-refractivity contribution in [2.75, 3.05) is 24.7 Å². The zero-order chi connectivity index (χ0) is 10.9. The summed E-state index contributed by atoms with van der Waals surface area (Å²) in [7, 11) is 0. The van der Waals surface area contributed by atoms with Gasteiger partial charge in [0.1, 0.15) is 5.75 Å². The summed E-state index contributed by atoms with van der Waals surface area (Å²) in [5.74, 6) is 0.756. The Morgan fingerprint density at radius 1 is 1.33 bits per heavy atom. The van der Waals surface area contributed by atoms with Gasteiger partial charge < -0.3 is 20.9 Å². The molecule has 15 heavy (non-hydrogen) atoms. The molecule has 1 aromatic carbocycles. The molecule has 1 aromatic rings. The molecule has 1 fully saturated rings. The van der Waals surface area contributed by atoms with E-state index in [9.17, 15) is 0 Å². The van der Waals surface area contributed by atoms with Crippen LogP contribution >= 0.6 is 0 Å². The molecule has 1 saturated heterocycles. The normalized spacial score (nSPS) is 18.2. The summed E-state index contributed by atoms with van der Waals surface area (Å²) in [4.78, 5) is 0. The monoisotopic (exact) mass is 208 g/mol. The Hall–Kier alpha value is -1.42. The Morgan fingerprint density at radius 3 is 2.53 bits per heavy atom. The molecule has 0 unspecified atom stereocenters. The van der Waals surface area contributed by atoms with Crippen LogP contribution in [-0.4, -0.2) is 18.8 Å². The van der Waals surface area contributed by atoms with E-state index in [1.165, 1.54) is 0 Å². The van der Waals surface area contributed by atoms with Crippen LogP contribution in [0.1, 0.15) is 13.3 Å². The fourth-order valence-corrected chi connectivity index (χ4v) is 1.53. The standard InChI is InChI=1S/C11H16N2O2/c1-2-11(6-14-7-11)15-8-3-4-9(12)10(13)5-8/h3-5H,2,6-7,12-13H2,1H3. The predicted octanol–water partition coefficient (Wildman–Crippen LogP) is 1.41. The summed E-state index contributed by atoms with van der Waals surface area (Å²) in [6.07, 6.45) is 0.928. The van der Waals surface area contributed by atoms with E-state index in [0.717, 1.165) is 12.2 Å². The highest BCUT2D eigenvalue weighted by Gasteiger charge is 2.39. The second-order valence-corrected chi connectivity index (χ2v) is 3.92. The third-order valence-electron chi connectivity index (χ3n) is 2.77. The lowest BCUT2D eigenvalue weighted by Gasteiger charge is -2.40. The largest absolute Gasteiger partial charge is 0.482 e. The van der Waals surface area contributed by atoms with Crippen molar-refractivity contribution in [3.05, 3.63) is 18.2 Å². The van der Waals surface area contributed by atoms with Crippen LogP contribution in [0.5, 0.6) is 5.75 Å². The van der Waals surface area contributed by atoms with Crippen molar-refractivity contribution < 1.29 is 9.47 Å². The molecule has 0 bridgehead atoms. The molecule has 4 N–H and O–H groups in total. The first kappa shape index (κ1) is 10.1. The average Bonchev–Trinajstić information content (AvgIpc) is 2.17. The van der Waals surface area contributed by atoms with Gasteiger partial charge in [-0.25, -0.2) is 0 Å². The van der Waals surface area contributed by atoms with Gasteiger partial charge in [-0.05, 0) is 18.6 Å². The van der Waals surface area contributed by atoms with Gasteiger partial charge in [0.25, 0.3) is 0 Å². The lowest BCUT2D eigenvalue weighted by molar-refractivity contribution is -0.162. The number of rotatable bonds is 3. The van der Waals surface area contributed by atoms with Crippen molar-refractivity contribution in [1.29, 1.82) is 0 Å². The number of hydrogen-bond acceptors (Lipinski definition) is 4. The van der Waals surface area contributed by atoms with Crippen molar-refractivity contribution in [3.8, 4) is 5.75 Å². The minimum atomic E-state index is -0.164. The fourth-order valence-electron chi connectivity index (χ4n) is 1.53. The van der Waals surface area contributed by atoms with Crippen LogP contribution in [0.2, 0.25) is 0 Å². The minimum absolute atomic E-state index is 0.164. The smallest absolute Gasteiger partial charge is 0.155 e. The van der Waals surface area contributed by atoms with Gasteiger partial charge >= 0.3 is 0 Å². The summed E-state index contributed by atoms with van der Waals surface area (Å²) in [5.41, 5.74) is 12.3. The third-order valence-corrected chi connectivity index (χ3v) is 2.77. The van der Waals surface area contributed by atoms with Gasteiger partial charge in [0.15, 0.2) is 5.60 Å². The molecule has 4 heteroatoms. The van der Waals surface area contributed by atoms with Crippen LogP contribution < -0.4 is 16.2 Å². The summed E-state index contributed by atoms with van der Waals surface area (Å²) in [5, 5.41) is 0. The van der Waals surface area contributed by atoms with Gasteiger partial charge in [0.2, 0.25) is 0 Å². The highest BCUT2D eigenvalue weighted by molar-refractivity contribution is 5.65. The average molecular weight is 208 g/mol. The summed E-state index contributed by atoms with van der Waals surface area (Å²) in [6.45, 7) is 3.38. The van der Waals surface area contributed by atoms with Gasteiger partial charge in [0.05, 0.1) is 24.6 Å². The second-order valence-electron chi connectivity index (χ2n) is 3.92. The zero-order valence-electron chi connectivity index (χ0n) is 8.82. The molecular formula is C11H16N2O2. The van der Waals surface area contributed by atoms with E-state index in [-0.39, 0.29) is 5.60 Å². The number of nitrogens with two attached hydrogens (primary N) is 2. The van der Waals surface area contributed by atoms with Crippen molar-refractivity contribution in [1.82, 2.24) is 0 Å². The van der Waals surface area contributed by atoms with E-state index in [1.807, 2.05) is 6.07 Å². The Bertz CT molecular complexity index is 356. The van der Waals surface area contributed by atoms with E-state index in [1.54, 1.807) is 12.1 Å². The van der Waals surface area contributed by atoms with Crippen LogP contribution in [0.15, 0.2) is 18.2 Å². The number of ether oxygens (including phenoxy) is 2. The third kappa shape index (κ3) is 1.85. The quantitative estimate of drug-likeness (QED) is 0.737. The molecule has 0 aromatic heterocycles. The molecule has 1 heterocycles. The maximum absolute atomic E-state index is 5.86. The number of nitrogen functional groups attached to an aromatic ring is 2. The van der Waals surface area contributed by atoms with E-state index in [2.05, 4.69) is 6.92 Å². The number of hydrogen-bond donors (Lipinski definition) is 2. The highest BCUT2D eigenvalue weighted by Crippen LogP contribution is 2.30. The van der Waals surface area contributed by atoms with Crippen molar-refractivity contribution >= 4 is 11.4 Å². The van der Waals surface area contributed by atoms with Gasteiger partial charge in [-0.2, -0.15) is 0 Å². The zero-order valence-corrected chi connectivity index (χ0v) is 8.82. The number of anilines is 2. The summed E-state index contributed by atoms with van der Waals surface area (Å²) < 4.78 is 11.0. The van der Waals surface area contributed by atoms with Crippen molar-refractivity contribution in [2.24, 2.45) is 0 Å². The topological polar surface area (TPSA) is 70.5 Å². The molecule has 0 saturated carbocycles. The Kier molecular flexibility index (Phi) is 2.44. The lowest BCUT2D eigenvalue weighted by atomic mass is 9.98. The molecule has 4 nitrogen and oxygen atoms in total. The first-order chi connectivity index (χ1) is 7.15. The maximum Gasteiger partial charge on any atom is 0.155 e. The van der Waals surface area contributed by atoms with E-state index < -0.39 is 0 Å². The van der Waals surface area contributed by atoms with Crippen LogP contribution in [0.3, 0.4) is 0 Å². The molecule has 0 spiro atoms. The predicted molar refractivity (Wildman–Crippen MR) is 59.7 cm³/mol. The van der Waals surface area contributed by atoms with Crippen LogP contribution in [-0.2, 0) is 4.74 Å². The van der Waals surface area contributed by atoms with Gasteiger partial charge in [-0.1, -0.05) is 6.92 Å². The fraction of sp³-hybridized carbons (Fsp3) is 0.455. The van der Waals surface area contributed by atoms with Crippen LogP contribution in [0.4, 0.5) is 11.4 Å². The SMILES string of the molecule is CCC1(Oc2ccc(N)c(N)c2)COC1. The molecule has 0 aliphatic carbocycles. The first-order valence-electron chi connectivity index (χ1n) is 5.07. The molecular weight excluding hydrogens is 192 g/mol. The summed E-state index contributed by atoms with van der Waals surface area (Å²) in [6, 6.07) is 5.35. The summed E-state index contributed by atoms with van der Waals surface area (Å²) >= 11 is 0. The Morgan fingerprint density at radius 2 is 2.07 bits per heavy atom. The molecule has 2 rings (SSSR count). The van der Waals surface area contributed by atoms with Crippen LogP contribution in [0.25, 0.3) is 0 Å². The Balaban J connectivity index is 2.13. The van der Waals surface area contributed by atoms with Crippen molar-refractivity contribution in [2.45, 2.75) is 18.9 Å². The lowest BCUT2D eigenvalue weighted by Crippen LogP contribution is -2.53. The van der Waals surface area contributed by atoms with E-state index in [0.29, 0.717) is 24.6 Å². The van der Waals surface area contributed by atoms with Crippen LogP contribution in [0, 0.1) is 0 Å².